The predicted molar refractivity (Wildman–Crippen MR) is 138 cm³/mol. The van der Waals surface area contributed by atoms with Crippen LogP contribution in [0.5, 0.6) is 17.2 Å². The van der Waals surface area contributed by atoms with Gasteiger partial charge in [0.05, 0.1) is 27.4 Å². The lowest BCUT2D eigenvalue weighted by atomic mass is 9.83. The van der Waals surface area contributed by atoms with Crippen LogP contribution < -0.4 is 19.6 Å². The largest absolute Gasteiger partial charge is 0.496 e. The first kappa shape index (κ1) is 28.0. The van der Waals surface area contributed by atoms with E-state index in [1.54, 1.807) is 51.7 Å². The summed E-state index contributed by atoms with van der Waals surface area (Å²) in [5, 5.41) is 1.49. The van der Waals surface area contributed by atoms with E-state index in [-0.39, 0.29) is 23.3 Å². The normalized spacial score (nSPS) is 12.0. The highest BCUT2D eigenvalue weighted by atomic mass is 16.5. The lowest BCUT2D eigenvalue weighted by molar-refractivity contribution is 0.0266. The molecule has 35 heavy (non-hydrogen) atoms. The molecule has 0 aliphatic rings. The molecular weight excluding hydrogens is 444 g/mol. The van der Waals surface area contributed by atoms with E-state index in [9.17, 15) is 9.59 Å². The molecule has 0 saturated carbocycles. The third-order valence-electron chi connectivity index (χ3n) is 6.33. The number of benzene rings is 2. The number of carbonyl (C=O) groups excluding carboxylic acids is 2. The molecule has 0 radical (unpaired) electrons. The first-order valence-corrected chi connectivity index (χ1v) is 12.0. The molecule has 1 unspecified atom stereocenters. The SMILES string of the molecule is CCCCC(N(NC(=O)c1cccc(OC)c1C)C(=O)c1cc(OC)c(C)c(OC)c1)C(C)(C)C. The van der Waals surface area contributed by atoms with Crippen molar-refractivity contribution in [3.05, 3.63) is 52.6 Å². The van der Waals surface area contributed by atoms with Crippen LogP contribution in [0.4, 0.5) is 0 Å². The second-order valence-electron chi connectivity index (χ2n) is 9.78. The number of hydrogen-bond donors (Lipinski definition) is 1. The van der Waals surface area contributed by atoms with Gasteiger partial charge in [-0.05, 0) is 49.9 Å². The molecule has 2 rings (SSSR count). The Labute approximate surface area is 209 Å². The van der Waals surface area contributed by atoms with Gasteiger partial charge in [-0.25, -0.2) is 5.01 Å². The molecule has 0 saturated heterocycles. The van der Waals surface area contributed by atoms with Crippen molar-refractivity contribution in [2.24, 2.45) is 5.41 Å². The van der Waals surface area contributed by atoms with Crippen LogP contribution in [0.2, 0.25) is 0 Å². The van der Waals surface area contributed by atoms with Crippen molar-refractivity contribution >= 4 is 11.8 Å². The van der Waals surface area contributed by atoms with Crippen LogP contribution in [0.15, 0.2) is 30.3 Å². The number of hydrogen-bond acceptors (Lipinski definition) is 5. The molecule has 0 heterocycles. The van der Waals surface area contributed by atoms with Crippen LogP contribution in [0, 0.1) is 19.3 Å². The van der Waals surface area contributed by atoms with Crippen LogP contribution in [-0.2, 0) is 0 Å². The molecule has 7 nitrogen and oxygen atoms in total. The summed E-state index contributed by atoms with van der Waals surface area (Å²) < 4.78 is 16.4. The Morgan fingerprint density at radius 2 is 1.51 bits per heavy atom. The summed E-state index contributed by atoms with van der Waals surface area (Å²) in [7, 11) is 4.68. The number of nitrogens with one attached hydrogen (secondary N) is 1. The summed E-state index contributed by atoms with van der Waals surface area (Å²) in [6, 6.07) is 8.43. The van der Waals surface area contributed by atoms with Crippen molar-refractivity contribution in [1.82, 2.24) is 10.4 Å². The Bertz CT molecular complexity index is 1020. The van der Waals surface area contributed by atoms with Crippen LogP contribution in [0.3, 0.4) is 0 Å². The molecular formula is C28H40N2O5. The maximum atomic E-state index is 14.0. The number of nitrogens with zero attached hydrogens (tertiary/aromatic N) is 1. The number of hydrazine groups is 1. The Morgan fingerprint density at radius 3 is 2.00 bits per heavy atom. The molecule has 1 N–H and O–H groups in total. The predicted octanol–water partition coefficient (Wildman–Crippen LogP) is 5.72. The van der Waals surface area contributed by atoms with Crippen LogP contribution in [-0.4, -0.2) is 44.2 Å². The summed E-state index contributed by atoms with van der Waals surface area (Å²) >= 11 is 0. The van der Waals surface area contributed by atoms with Gasteiger partial charge >= 0.3 is 0 Å². The van der Waals surface area contributed by atoms with Crippen molar-refractivity contribution in [2.75, 3.05) is 21.3 Å². The minimum atomic E-state index is -0.369. The Morgan fingerprint density at radius 1 is 0.943 bits per heavy atom. The first-order chi connectivity index (χ1) is 16.5. The molecule has 2 aromatic rings. The molecule has 0 aromatic heterocycles. The van der Waals surface area contributed by atoms with E-state index < -0.39 is 0 Å². The molecule has 0 spiro atoms. The first-order valence-electron chi connectivity index (χ1n) is 12.0. The van der Waals surface area contributed by atoms with Crippen LogP contribution in [0.1, 0.15) is 78.8 Å². The molecule has 2 aromatic carbocycles. The van der Waals surface area contributed by atoms with Gasteiger partial charge in [-0.1, -0.05) is 46.6 Å². The van der Waals surface area contributed by atoms with Gasteiger partial charge in [0.15, 0.2) is 0 Å². The van der Waals surface area contributed by atoms with Crippen molar-refractivity contribution in [3.8, 4) is 17.2 Å². The Balaban J connectivity index is 2.60. The van der Waals surface area contributed by atoms with Crippen molar-refractivity contribution < 1.29 is 23.8 Å². The third kappa shape index (κ3) is 6.47. The molecule has 0 bridgehead atoms. The highest BCUT2D eigenvalue weighted by molar-refractivity contribution is 6.00. The maximum absolute atomic E-state index is 14.0. The smallest absolute Gasteiger partial charge is 0.272 e. The van der Waals surface area contributed by atoms with E-state index in [1.165, 1.54) is 5.01 Å². The lowest BCUT2D eigenvalue weighted by Crippen LogP contribution is -2.56. The van der Waals surface area contributed by atoms with Gasteiger partial charge < -0.3 is 14.2 Å². The van der Waals surface area contributed by atoms with Gasteiger partial charge in [-0.2, -0.15) is 0 Å². The number of unbranched alkanes of at least 4 members (excludes halogenated alkanes) is 1. The average Bonchev–Trinajstić information content (AvgIpc) is 2.82. The molecule has 0 fully saturated rings. The minimum absolute atomic E-state index is 0.247. The monoisotopic (exact) mass is 484 g/mol. The van der Waals surface area contributed by atoms with Crippen molar-refractivity contribution in [3.63, 3.8) is 0 Å². The van der Waals surface area contributed by atoms with Gasteiger partial charge in [0, 0.05) is 22.3 Å². The zero-order valence-electron chi connectivity index (χ0n) is 22.6. The molecule has 2 amide bonds. The van der Waals surface area contributed by atoms with Crippen molar-refractivity contribution in [1.29, 1.82) is 0 Å². The molecule has 1 atom stereocenters. The Kier molecular flexibility index (Phi) is 9.57. The zero-order valence-corrected chi connectivity index (χ0v) is 22.6. The van der Waals surface area contributed by atoms with E-state index >= 15 is 0 Å². The Hall–Kier alpha value is -3.22. The fourth-order valence-corrected chi connectivity index (χ4v) is 4.22. The van der Waals surface area contributed by atoms with Gasteiger partial charge in [0.25, 0.3) is 11.8 Å². The van der Waals surface area contributed by atoms with E-state index in [2.05, 4.69) is 33.1 Å². The third-order valence-corrected chi connectivity index (χ3v) is 6.33. The van der Waals surface area contributed by atoms with E-state index in [0.717, 1.165) is 24.8 Å². The number of ether oxygens (including phenoxy) is 3. The molecule has 0 aliphatic carbocycles. The number of rotatable bonds is 9. The second-order valence-corrected chi connectivity index (χ2v) is 9.78. The van der Waals surface area contributed by atoms with E-state index in [1.807, 2.05) is 13.8 Å². The summed E-state index contributed by atoms with van der Waals surface area (Å²) in [6.07, 6.45) is 2.63. The summed E-state index contributed by atoms with van der Waals surface area (Å²) in [5.74, 6) is 1.01. The quantitative estimate of drug-likeness (QED) is 0.461. The lowest BCUT2D eigenvalue weighted by Gasteiger charge is -2.40. The second kappa shape index (κ2) is 12.0. The molecule has 0 aliphatic heterocycles. The van der Waals surface area contributed by atoms with Crippen molar-refractivity contribution in [2.45, 2.75) is 66.8 Å². The fraction of sp³-hybridized carbons (Fsp3) is 0.500. The molecule has 192 valence electrons. The molecule has 7 heteroatoms. The maximum Gasteiger partial charge on any atom is 0.272 e. The van der Waals surface area contributed by atoms with Crippen LogP contribution >= 0.6 is 0 Å². The number of amides is 2. The van der Waals surface area contributed by atoms with E-state index in [4.69, 9.17) is 14.2 Å². The standard InChI is InChI=1S/C28H40N2O5/c1-10-11-15-25(28(4,5)6)30(29-26(31)21-13-12-14-22(33-7)18(21)2)27(32)20-16-23(34-8)19(3)24(17-20)35-9/h12-14,16-17,25H,10-11,15H2,1-9H3,(H,29,31). The summed E-state index contributed by atoms with van der Waals surface area (Å²) in [5.41, 5.74) is 4.97. The zero-order chi connectivity index (χ0) is 26.3. The summed E-state index contributed by atoms with van der Waals surface area (Å²) in [4.78, 5) is 27.5. The number of methoxy groups -OCH3 is 3. The van der Waals surface area contributed by atoms with Crippen LogP contribution in [0.25, 0.3) is 0 Å². The number of carbonyl (C=O) groups is 2. The highest BCUT2D eigenvalue weighted by Gasteiger charge is 2.35. The van der Waals surface area contributed by atoms with Gasteiger partial charge in [0.2, 0.25) is 0 Å². The topological polar surface area (TPSA) is 77.1 Å². The fourth-order valence-electron chi connectivity index (χ4n) is 4.22. The van der Waals surface area contributed by atoms with Gasteiger partial charge in [-0.3, -0.25) is 15.0 Å². The average molecular weight is 485 g/mol. The van der Waals surface area contributed by atoms with E-state index in [0.29, 0.717) is 33.9 Å². The van der Waals surface area contributed by atoms with Gasteiger partial charge in [0.1, 0.15) is 17.2 Å². The minimum Gasteiger partial charge on any atom is -0.496 e. The summed E-state index contributed by atoms with van der Waals surface area (Å²) in [6.45, 7) is 12.0. The highest BCUT2D eigenvalue weighted by Crippen LogP contribution is 2.33. The van der Waals surface area contributed by atoms with Gasteiger partial charge in [-0.15, -0.1) is 0 Å².